The van der Waals surface area contributed by atoms with E-state index in [0.29, 0.717) is 5.56 Å². The predicted octanol–water partition coefficient (Wildman–Crippen LogP) is 6.22. The van der Waals surface area contributed by atoms with Gasteiger partial charge in [0.2, 0.25) is 0 Å². The monoisotopic (exact) mass is 384 g/mol. The molecule has 0 radical (unpaired) electrons. The van der Waals surface area contributed by atoms with Crippen LogP contribution in [0.25, 0.3) is 34.1 Å². The number of rotatable bonds is 4. The van der Waals surface area contributed by atoms with Crippen LogP contribution >= 0.6 is 0 Å². The number of fused-ring (bicyclic) bond motifs is 1. The molecule has 3 nitrogen and oxygen atoms in total. The second-order valence-electron chi connectivity index (χ2n) is 6.71. The fourth-order valence-electron chi connectivity index (χ4n) is 3.29. The molecule has 0 saturated carbocycles. The van der Waals surface area contributed by atoms with Crippen molar-refractivity contribution in [3.05, 3.63) is 101 Å². The summed E-state index contributed by atoms with van der Waals surface area (Å²) in [6.07, 6.45) is 3.58. The molecule has 0 aliphatic carbocycles. The van der Waals surface area contributed by atoms with Gasteiger partial charge >= 0.3 is 5.97 Å². The fourth-order valence-corrected chi connectivity index (χ4v) is 3.29. The summed E-state index contributed by atoms with van der Waals surface area (Å²) in [4.78, 5) is 11.6. The molecule has 4 rings (SSSR count). The van der Waals surface area contributed by atoms with Gasteiger partial charge in [-0.15, -0.1) is 0 Å². The maximum absolute atomic E-state index is 13.2. The molecule has 142 valence electrons. The van der Waals surface area contributed by atoms with Crippen LogP contribution in [0.4, 0.5) is 4.39 Å². The number of phenolic OH excluding ortho intramolecular Hbond substituents is 1. The zero-order valence-corrected chi connectivity index (χ0v) is 15.3. The van der Waals surface area contributed by atoms with E-state index in [9.17, 15) is 19.4 Å². The Labute approximate surface area is 167 Å². The van der Waals surface area contributed by atoms with Crippen LogP contribution < -0.4 is 0 Å². The minimum absolute atomic E-state index is 0.186. The van der Waals surface area contributed by atoms with Crippen molar-refractivity contribution >= 4 is 28.9 Å². The Hall–Kier alpha value is -3.92. The van der Waals surface area contributed by atoms with E-state index in [-0.39, 0.29) is 17.1 Å². The third-order valence-electron chi connectivity index (χ3n) is 4.80. The highest BCUT2D eigenvalue weighted by atomic mass is 19.1. The van der Waals surface area contributed by atoms with Gasteiger partial charge in [0.25, 0.3) is 0 Å². The number of hydrogen-bond acceptors (Lipinski definition) is 2. The van der Waals surface area contributed by atoms with E-state index in [0.717, 1.165) is 27.5 Å². The molecule has 0 atom stereocenters. The van der Waals surface area contributed by atoms with Crippen molar-refractivity contribution in [2.45, 2.75) is 0 Å². The molecular formula is C25H17FO3. The fraction of sp³-hybridized carbons (Fsp3) is 0. The SMILES string of the molecule is O=C(O)c1ccc(-c2ccc(F)cc2)cc1/C=C/c1ccc2c(O)cccc2c1. The van der Waals surface area contributed by atoms with Gasteiger partial charge in [0.05, 0.1) is 5.56 Å². The Kier molecular flexibility index (Phi) is 4.83. The summed E-state index contributed by atoms with van der Waals surface area (Å²) in [6.45, 7) is 0. The van der Waals surface area contributed by atoms with Crippen molar-refractivity contribution in [3.8, 4) is 16.9 Å². The van der Waals surface area contributed by atoms with E-state index in [1.807, 2.05) is 30.3 Å². The maximum Gasteiger partial charge on any atom is 0.336 e. The molecule has 0 heterocycles. The largest absolute Gasteiger partial charge is 0.507 e. The molecule has 4 aromatic carbocycles. The molecule has 0 saturated heterocycles. The Balaban J connectivity index is 1.73. The minimum atomic E-state index is -1.02. The molecule has 2 N–H and O–H groups in total. The molecule has 4 aromatic rings. The van der Waals surface area contributed by atoms with Gasteiger partial charge in [-0.2, -0.15) is 0 Å². The number of halogens is 1. The summed E-state index contributed by atoms with van der Waals surface area (Å²) < 4.78 is 13.2. The number of carbonyl (C=O) groups is 1. The van der Waals surface area contributed by atoms with Crippen LogP contribution in [0.5, 0.6) is 5.75 Å². The van der Waals surface area contributed by atoms with Gasteiger partial charge in [-0.3, -0.25) is 0 Å². The van der Waals surface area contributed by atoms with Crippen molar-refractivity contribution in [1.29, 1.82) is 0 Å². The lowest BCUT2D eigenvalue weighted by Crippen LogP contribution is -1.99. The number of carboxylic acids is 1. The summed E-state index contributed by atoms with van der Waals surface area (Å²) in [5.74, 6) is -1.12. The molecular weight excluding hydrogens is 367 g/mol. The second-order valence-corrected chi connectivity index (χ2v) is 6.71. The van der Waals surface area contributed by atoms with Gasteiger partial charge in [-0.25, -0.2) is 9.18 Å². The third-order valence-corrected chi connectivity index (χ3v) is 4.80. The Morgan fingerprint density at radius 3 is 2.34 bits per heavy atom. The topological polar surface area (TPSA) is 57.5 Å². The van der Waals surface area contributed by atoms with Crippen LogP contribution in [-0.2, 0) is 0 Å². The highest BCUT2D eigenvalue weighted by Crippen LogP contribution is 2.27. The van der Waals surface area contributed by atoms with Gasteiger partial charge in [-0.1, -0.05) is 54.6 Å². The van der Waals surface area contributed by atoms with Crippen LogP contribution in [0.15, 0.2) is 78.9 Å². The minimum Gasteiger partial charge on any atom is -0.507 e. The molecule has 0 bridgehead atoms. The van der Waals surface area contributed by atoms with E-state index < -0.39 is 5.97 Å². The average molecular weight is 384 g/mol. The van der Waals surface area contributed by atoms with Crippen LogP contribution in [0.3, 0.4) is 0 Å². The van der Waals surface area contributed by atoms with E-state index in [1.165, 1.54) is 12.1 Å². The number of aromatic carboxylic acids is 1. The van der Waals surface area contributed by atoms with Gasteiger partial charge in [0.15, 0.2) is 0 Å². The lowest BCUT2D eigenvalue weighted by atomic mass is 9.98. The van der Waals surface area contributed by atoms with Crippen molar-refractivity contribution < 1.29 is 19.4 Å². The smallest absolute Gasteiger partial charge is 0.336 e. The molecule has 0 fully saturated rings. The molecule has 0 unspecified atom stereocenters. The number of benzene rings is 4. The highest BCUT2D eigenvalue weighted by molar-refractivity contribution is 5.95. The molecule has 0 aliphatic rings. The summed E-state index contributed by atoms with van der Waals surface area (Å²) in [7, 11) is 0. The zero-order chi connectivity index (χ0) is 20.4. The first-order valence-corrected chi connectivity index (χ1v) is 9.04. The van der Waals surface area contributed by atoms with Crippen molar-refractivity contribution in [3.63, 3.8) is 0 Å². The highest BCUT2D eigenvalue weighted by Gasteiger charge is 2.10. The predicted molar refractivity (Wildman–Crippen MR) is 113 cm³/mol. The number of phenols is 1. The third kappa shape index (κ3) is 3.87. The number of aromatic hydroxyl groups is 1. The van der Waals surface area contributed by atoms with Gasteiger partial charge < -0.3 is 10.2 Å². The first-order valence-electron chi connectivity index (χ1n) is 9.04. The Morgan fingerprint density at radius 1 is 0.828 bits per heavy atom. The summed E-state index contributed by atoms with van der Waals surface area (Å²) >= 11 is 0. The maximum atomic E-state index is 13.2. The molecule has 4 heteroatoms. The van der Waals surface area contributed by atoms with E-state index in [4.69, 9.17) is 0 Å². The van der Waals surface area contributed by atoms with E-state index in [1.54, 1.807) is 48.5 Å². The van der Waals surface area contributed by atoms with Crippen LogP contribution in [0.1, 0.15) is 21.5 Å². The van der Waals surface area contributed by atoms with E-state index in [2.05, 4.69) is 0 Å². The lowest BCUT2D eigenvalue weighted by molar-refractivity contribution is 0.0696. The summed E-state index contributed by atoms with van der Waals surface area (Å²) in [5.41, 5.74) is 3.23. The molecule has 0 aromatic heterocycles. The normalized spacial score (nSPS) is 11.2. The molecule has 29 heavy (non-hydrogen) atoms. The number of hydrogen-bond donors (Lipinski definition) is 2. The van der Waals surface area contributed by atoms with Gasteiger partial charge in [-0.05, 0) is 64.0 Å². The summed E-state index contributed by atoms with van der Waals surface area (Å²) in [5, 5.41) is 21.1. The van der Waals surface area contributed by atoms with E-state index >= 15 is 0 Å². The quantitative estimate of drug-likeness (QED) is 0.411. The molecule has 0 amide bonds. The Morgan fingerprint density at radius 2 is 1.59 bits per heavy atom. The van der Waals surface area contributed by atoms with Crippen molar-refractivity contribution in [2.75, 3.05) is 0 Å². The Bertz CT molecular complexity index is 1240. The van der Waals surface area contributed by atoms with Crippen LogP contribution in [-0.4, -0.2) is 16.2 Å². The number of carboxylic acid groups (broad SMARTS) is 1. The lowest BCUT2D eigenvalue weighted by Gasteiger charge is -2.07. The first kappa shape index (κ1) is 18.4. The standard InChI is InChI=1S/C25H17FO3/c26-21-10-7-17(8-11-21)18-9-13-23(25(28)29)20(15-18)6-4-16-5-12-22-19(14-16)2-1-3-24(22)27/h1-15,27H,(H,28,29)/b6-4+. The molecule has 0 spiro atoms. The first-order chi connectivity index (χ1) is 14.0. The van der Waals surface area contributed by atoms with Crippen molar-refractivity contribution in [2.24, 2.45) is 0 Å². The molecule has 0 aliphatic heterocycles. The van der Waals surface area contributed by atoms with Crippen LogP contribution in [0.2, 0.25) is 0 Å². The summed E-state index contributed by atoms with van der Waals surface area (Å²) in [6, 6.07) is 22.1. The zero-order valence-electron chi connectivity index (χ0n) is 15.3. The average Bonchev–Trinajstić information content (AvgIpc) is 2.72. The van der Waals surface area contributed by atoms with Gasteiger partial charge in [0.1, 0.15) is 11.6 Å². The second kappa shape index (κ2) is 7.60. The van der Waals surface area contributed by atoms with Crippen LogP contribution in [0, 0.1) is 5.82 Å². The van der Waals surface area contributed by atoms with Crippen molar-refractivity contribution in [1.82, 2.24) is 0 Å². The van der Waals surface area contributed by atoms with Gasteiger partial charge in [0, 0.05) is 5.39 Å².